The lowest BCUT2D eigenvalue weighted by molar-refractivity contribution is -0.116. The molecule has 0 saturated heterocycles. The molecule has 0 fully saturated rings. The van der Waals surface area contributed by atoms with Crippen LogP contribution in [0.15, 0.2) is 52.1 Å². The molecule has 0 spiro atoms. The minimum Gasteiger partial charge on any atom is -0.342 e. The van der Waals surface area contributed by atoms with E-state index in [1.54, 1.807) is 37.3 Å². The Labute approximate surface area is 178 Å². The number of nitrogens with one attached hydrogen (secondary N) is 2. The highest BCUT2D eigenvalue weighted by Gasteiger charge is 2.15. The van der Waals surface area contributed by atoms with E-state index in [0.29, 0.717) is 16.6 Å². The Morgan fingerprint density at radius 1 is 1.10 bits per heavy atom. The fraction of sp³-hybridized carbons (Fsp3) is 0.304. The highest BCUT2D eigenvalue weighted by Crippen LogP contribution is 2.18. The second-order valence-corrected chi connectivity index (χ2v) is 7.50. The maximum Gasteiger partial charge on any atom is 0.331 e. The molecule has 1 amide bonds. The first-order valence-electron chi connectivity index (χ1n) is 10.5. The third kappa shape index (κ3) is 4.01. The van der Waals surface area contributed by atoms with E-state index < -0.39 is 5.69 Å². The molecule has 0 aliphatic carbocycles. The molecule has 8 heteroatoms. The van der Waals surface area contributed by atoms with Crippen LogP contribution in [0, 0.1) is 0 Å². The summed E-state index contributed by atoms with van der Waals surface area (Å²) in [5.41, 5.74) is 1.92. The van der Waals surface area contributed by atoms with E-state index in [1.165, 1.54) is 4.57 Å². The summed E-state index contributed by atoms with van der Waals surface area (Å²) in [7, 11) is 0. The fourth-order valence-electron chi connectivity index (χ4n) is 3.75. The molecule has 0 aliphatic heterocycles. The number of aromatic amines is 1. The highest BCUT2D eigenvalue weighted by atomic mass is 16.2. The largest absolute Gasteiger partial charge is 0.342 e. The zero-order valence-electron chi connectivity index (χ0n) is 17.6. The lowest BCUT2D eigenvalue weighted by Crippen LogP contribution is -2.41. The first kappa shape index (κ1) is 20.6. The lowest BCUT2D eigenvalue weighted by Gasteiger charge is -2.13. The predicted molar refractivity (Wildman–Crippen MR) is 121 cm³/mol. The number of hydrogen-bond donors (Lipinski definition) is 2. The van der Waals surface area contributed by atoms with Gasteiger partial charge in [0.1, 0.15) is 12.4 Å². The number of benzene rings is 2. The average Bonchev–Trinajstić information content (AvgIpc) is 3.17. The SMILES string of the molecule is CCCCc1nc2ccc(NC(=O)Cn3c(=O)n(CC)c(=O)c4ccccc43)cc2[nH]1. The topological polar surface area (TPSA) is 102 Å². The normalized spacial score (nSPS) is 11.3. The highest BCUT2D eigenvalue weighted by molar-refractivity contribution is 5.93. The van der Waals surface area contributed by atoms with Crippen LogP contribution in [0.25, 0.3) is 21.9 Å². The zero-order chi connectivity index (χ0) is 22.0. The summed E-state index contributed by atoms with van der Waals surface area (Å²) in [5, 5.41) is 3.26. The Morgan fingerprint density at radius 2 is 1.90 bits per heavy atom. The number of nitrogens with zero attached hydrogens (tertiary/aromatic N) is 3. The van der Waals surface area contributed by atoms with Gasteiger partial charge < -0.3 is 10.3 Å². The van der Waals surface area contributed by atoms with Crippen LogP contribution in [0.3, 0.4) is 0 Å². The molecule has 0 aliphatic rings. The molecule has 4 rings (SSSR count). The summed E-state index contributed by atoms with van der Waals surface area (Å²) in [6.45, 7) is 3.91. The van der Waals surface area contributed by atoms with Crippen molar-refractivity contribution >= 4 is 33.5 Å². The monoisotopic (exact) mass is 419 g/mol. The molecule has 0 unspecified atom stereocenters. The van der Waals surface area contributed by atoms with E-state index in [4.69, 9.17) is 0 Å². The number of rotatable bonds is 7. The molecule has 2 aromatic heterocycles. The molecule has 8 nitrogen and oxygen atoms in total. The summed E-state index contributed by atoms with van der Waals surface area (Å²) in [6, 6.07) is 12.3. The average molecular weight is 419 g/mol. The van der Waals surface area contributed by atoms with Gasteiger partial charge in [-0.3, -0.25) is 18.7 Å². The van der Waals surface area contributed by atoms with E-state index in [9.17, 15) is 14.4 Å². The van der Waals surface area contributed by atoms with Crippen molar-refractivity contribution in [2.75, 3.05) is 5.32 Å². The maximum atomic E-state index is 12.8. The van der Waals surface area contributed by atoms with Crippen molar-refractivity contribution in [2.45, 2.75) is 46.2 Å². The van der Waals surface area contributed by atoms with Gasteiger partial charge in [-0.2, -0.15) is 0 Å². The van der Waals surface area contributed by atoms with Gasteiger partial charge in [-0.1, -0.05) is 25.5 Å². The van der Waals surface area contributed by atoms with Crippen LogP contribution in [-0.4, -0.2) is 25.0 Å². The molecule has 31 heavy (non-hydrogen) atoms. The van der Waals surface area contributed by atoms with Crippen LogP contribution < -0.4 is 16.6 Å². The van der Waals surface area contributed by atoms with E-state index in [2.05, 4.69) is 22.2 Å². The third-order valence-electron chi connectivity index (χ3n) is 5.33. The number of aromatic nitrogens is 4. The maximum absolute atomic E-state index is 12.8. The minimum absolute atomic E-state index is 0.192. The number of unbranched alkanes of at least 4 members (excludes halogenated alkanes) is 1. The van der Waals surface area contributed by atoms with Crippen LogP contribution in [0.5, 0.6) is 0 Å². The molecule has 0 saturated carbocycles. The molecule has 0 radical (unpaired) electrons. The van der Waals surface area contributed by atoms with Crippen LogP contribution in [0.4, 0.5) is 5.69 Å². The number of anilines is 1. The van der Waals surface area contributed by atoms with E-state index >= 15 is 0 Å². The van der Waals surface area contributed by atoms with Gasteiger partial charge in [-0.25, -0.2) is 9.78 Å². The van der Waals surface area contributed by atoms with Crippen LogP contribution in [0.2, 0.25) is 0 Å². The van der Waals surface area contributed by atoms with Gasteiger partial charge in [-0.05, 0) is 43.7 Å². The van der Waals surface area contributed by atoms with Crippen molar-refractivity contribution in [1.29, 1.82) is 0 Å². The molecular formula is C23H25N5O3. The standard InChI is InChI=1S/C23H25N5O3/c1-3-5-10-20-25-17-12-11-15(13-18(17)26-20)24-21(29)14-28-19-9-7-6-8-16(19)22(30)27(4-2)23(28)31/h6-9,11-13H,3-5,10,14H2,1-2H3,(H,24,29)(H,25,26). The summed E-state index contributed by atoms with van der Waals surface area (Å²) in [5.74, 6) is 0.582. The molecule has 2 aromatic carbocycles. The number of amides is 1. The molecule has 0 bridgehead atoms. The van der Waals surface area contributed by atoms with Crippen molar-refractivity contribution in [1.82, 2.24) is 19.1 Å². The van der Waals surface area contributed by atoms with E-state index in [1.807, 2.05) is 12.1 Å². The molecule has 4 aromatic rings. The summed E-state index contributed by atoms with van der Waals surface area (Å²) >= 11 is 0. The van der Waals surface area contributed by atoms with Gasteiger partial charge in [0.25, 0.3) is 5.56 Å². The third-order valence-corrected chi connectivity index (χ3v) is 5.33. The van der Waals surface area contributed by atoms with E-state index in [-0.39, 0.29) is 24.6 Å². The number of hydrogen-bond acceptors (Lipinski definition) is 4. The second-order valence-electron chi connectivity index (χ2n) is 7.50. The zero-order valence-corrected chi connectivity index (χ0v) is 17.6. The number of aryl methyl sites for hydroxylation is 1. The number of H-pyrrole nitrogens is 1. The van der Waals surface area contributed by atoms with Gasteiger partial charge in [0.2, 0.25) is 5.91 Å². The Morgan fingerprint density at radius 3 is 2.68 bits per heavy atom. The van der Waals surface area contributed by atoms with Crippen LogP contribution in [0.1, 0.15) is 32.5 Å². The first-order chi connectivity index (χ1) is 15.0. The number of para-hydroxylation sites is 1. The van der Waals surface area contributed by atoms with Crippen molar-refractivity contribution < 1.29 is 4.79 Å². The Balaban J connectivity index is 1.61. The molecule has 160 valence electrons. The van der Waals surface area contributed by atoms with Crippen molar-refractivity contribution in [3.05, 3.63) is 69.1 Å². The summed E-state index contributed by atoms with van der Waals surface area (Å²) < 4.78 is 2.48. The molecular weight excluding hydrogens is 394 g/mol. The molecule has 0 atom stereocenters. The van der Waals surface area contributed by atoms with Crippen molar-refractivity contribution in [3.63, 3.8) is 0 Å². The van der Waals surface area contributed by atoms with Gasteiger partial charge in [-0.15, -0.1) is 0 Å². The Bertz CT molecular complexity index is 1380. The number of imidazole rings is 1. The summed E-state index contributed by atoms with van der Waals surface area (Å²) in [6.07, 6.45) is 3.04. The van der Waals surface area contributed by atoms with E-state index in [0.717, 1.165) is 40.7 Å². The number of carbonyl (C=O) groups excluding carboxylic acids is 1. The smallest absolute Gasteiger partial charge is 0.331 e. The van der Waals surface area contributed by atoms with Crippen LogP contribution >= 0.6 is 0 Å². The quantitative estimate of drug-likeness (QED) is 0.481. The molecule has 2 N–H and O–H groups in total. The second kappa shape index (κ2) is 8.59. The van der Waals surface area contributed by atoms with Gasteiger partial charge >= 0.3 is 5.69 Å². The fourth-order valence-corrected chi connectivity index (χ4v) is 3.75. The van der Waals surface area contributed by atoms with Gasteiger partial charge in [0.15, 0.2) is 0 Å². The van der Waals surface area contributed by atoms with Gasteiger partial charge in [0, 0.05) is 18.7 Å². The van der Waals surface area contributed by atoms with Gasteiger partial charge in [0.05, 0.1) is 21.9 Å². The molecule has 2 heterocycles. The first-order valence-corrected chi connectivity index (χ1v) is 10.5. The Hall–Kier alpha value is -3.68. The lowest BCUT2D eigenvalue weighted by atomic mass is 10.2. The minimum atomic E-state index is -0.495. The Kier molecular flexibility index (Phi) is 5.70. The number of carbonyl (C=O) groups is 1. The number of fused-ring (bicyclic) bond motifs is 2. The van der Waals surface area contributed by atoms with Crippen molar-refractivity contribution in [2.24, 2.45) is 0 Å². The predicted octanol–water partition coefficient (Wildman–Crippen LogP) is 3.04. The van der Waals surface area contributed by atoms with Crippen LogP contribution in [-0.2, 0) is 24.3 Å². The summed E-state index contributed by atoms with van der Waals surface area (Å²) in [4.78, 5) is 46.0. The van der Waals surface area contributed by atoms with Crippen molar-refractivity contribution in [3.8, 4) is 0 Å².